The lowest BCUT2D eigenvalue weighted by Crippen LogP contribution is -2.56. The van der Waals surface area contributed by atoms with Gasteiger partial charge in [-0.2, -0.15) is 0 Å². The Labute approximate surface area is 116 Å². The summed E-state index contributed by atoms with van der Waals surface area (Å²) in [7, 11) is 0. The lowest BCUT2D eigenvalue weighted by atomic mass is 9.96. The number of aliphatic carboxylic acids is 1. The summed E-state index contributed by atoms with van der Waals surface area (Å²) in [5, 5.41) is 14.4. The van der Waals surface area contributed by atoms with E-state index in [4.69, 9.17) is 0 Å². The van der Waals surface area contributed by atoms with E-state index in [1.165, 1.54) is 0 Å². The van der Waals surface area contributed by atoms with E-state index in [9.17, 15) is 14.7 Å². The molecule has 0 aromatic carbocycles. The van der Waals surface area contributed by atoms with Crippen molar-refractivity contribution < 1.29 is 14.7 Å². The predicted octanol–water partition coefficient (Wildman–Crippen LogP) is 0.838. The Kier molecular flexibility index (Phi) is 3.87. The summed E-state index contributed by atoms with van der Waals surface area (Å²) in [6.45, 7) is 3.54. The molecule has 1 aliphatic rings. The first-order valence-corrected chi connectivity index (χ1v) is 6.50. The third-order valence-electron chi connectivity index (χ3n) is 3.48. The van der Waals surface area contributed by atoms with E-state index in [1.54, 1.807) is 26.1 Å². The number of aromatic nitrogens is 2. The Bertz CT molecular complexity index is 530. The van der Waals surface area contributed by atoms with E-state index < -0.39 is 17.5 Å². The van der Waals surface area contributed by atoms with Crippen LogP contribution in [0, 0.1) is 12.8 Å². The second-order valence-corrected chi connectivity index (χ2v) is 5.18. The highest BCUT2D eigenvalue weighted by atomic mass is 16.4. The van der Waals surface area contributed by atoms with Gasteiger partial charge in [-0.3, -0.25) is 0 Å². The molecule has 20 heavy (non-hydrogen) atoms. The van der Waals surface area contributed by atoms with E-state index in [0.717, 1.165) is 12.8 Å². The maximum atomic E-state index is 11.8. The SMILES string of the molecule is Cc1nccc(CNC(=O)NC(C)(C(=O)O)C2CC2)n1. The Morgan fingerprint density at radius 1 is 1.50 bits per heavy atom. The van der Waals surface area contributed by atoms with Gasteiger partial charge < -0.3 is 15.7 Å². The van der Waals surface area contributed by atoms with E-state index in [-0.39, 0.29) is 12.5 Å². The highest BCUT2D eigenvalue weighted by Gasteiger charge is 2.48. The Morgan fingerprint density at radius 2 is 2.20 bits per heavy atom. The van der Waals surface area contributed by atoms with Crippen LogP contribution in [-0.4, -0.2) is 32.6 Å². The highest BCUT2D eigenvalue weighted by Crippen LogP contribution is 2.39. The molecule has 1 atom stereocenters. The monoisotopic (exact) mass is 278 g/mol. The largest absolute Gasteiger partial charge is 0.480 e. The van der Waals surface area contributed by atoms with E-state index in [0.29, 0.717) is 11.5 Å². The third kappa shape index (κ3) is 3.23. The van der Waals surface area contributed by atoms with Crippen LogP contribution >= 0.6 is 0 Å². The summed E-state index contributed by atoms with van der Waals surface area (Å²) in [4.78, 5) is 31.2. The molecule has 2 amide bonds. The summed E-state index contributed by atoms with van der Waals surface area (Å²) in [5.74, 6) is -0.377. The van der Waals surface area contributed by atoms with Crippen LogP contribution < -0.4 is 10.6 Å². The molecule has 1 fully saturated rings. The maximum Gasteiger partial charge on any atom is 0.329 e. The van der Waals surface area contributed by atoms with Crippen molar-refractivity contribution in [3.8, 4) is 0 Å². The number of carbonyl (C=O) groups excluding carboxylic acids is 1. The quantitative estimate of drug-likeness (QED) is 0.740. The first-order chi connectivity index (χ1) is 9.41. The number of hydrogen-bond acceptors (Lipinski definition) is 4. The topological polar surface area (TPSA) is 104 Å². The summed E-state index contributed by atoms with van der Waals surface area (Å²) in [5.41, 5.74) is -0.526. The van der Waals surface area contributed by atoms with Crippen molar-refractivity contribution in [3.63, 3.8) is 0 Å². The number of carboxylic acid groups (broad SMARTS) is 1. The van der Waals surface area contributed by atoms with Crippen LogP contribution in [0.5, 0.6) is 0 Å². The molecule has 108 valence electrons. The molecule has 3 N–H and O–H groups in total. The molecule has 1 aliphatic carbocycles. The zero-order valence-electron chi connectivity index (χ0n) is 11.5. The van der Waals surface area contributed by atoms with Crippen LogP contribution in [0.15, 0.2) is 12.3 Å². The molecule has 0 aliphatic heterocycles. The molecule has 7 nitrogen and oxygen atoms in total. The smallest absolute Gasteiger partial charge is 0.329 e. The molecular weight excluding hydrogens is 260 g/mol. The van der Waals surface area contributed by atoms with Crippen molar-refractivity contribution in [1.29, 1.82) is 0 Å². The van der Waals surface area contributed by atoms with Crippen molar-refractivity contribution in [3.05, 3.63) is 23.8 Å². The third-order valence-corrected chi connectivity index (χ3v) is 3.48. The number of carbonyl (C=O) groups is 2. The van der Waals surface area contributed by atoms with Gasteiger partial charge in [0.25, 0.3) is 0 Å². The van der Waals surface area contributed by atoms with Crippen LogP contribution in [-0.2, 0) is 11.3 Å². The first kappa shape index (κ1) is 14.2. The van der Waals surface area contributed by atoms with E-state index >= 15 is 0 Å². The van der Waals surface area contributed by atoms with E-state index in [2.05, 4.69) is 20.6 Å². The molecule has 1 unspecified atom stereocenters. The molecular formula is C13H18N4O3. The van der Waals surface area contributed by atoms with Gasteiger partial charge in [-0.1, -0.05) is 0 Å². The van der Waals surface area contributed by atoms with E-state index in [1.807, 2.05) is 0 Å². The van der Waals surface area contributed by atoms with Gasteiger partial charge in [0.1, 0.15) is 11.4 Å². The fraction of sp³-hybridized carbons (Fsp3) is 0.538. The van der Waals surface area contributed by atoms with Gasteiger partial charge in [-0.15, -0.1) is 0 Å². The van der Waals surface area contributed by atoms with Crippen LogP contribution in [0.2, 0.25) is 0 Å². The minimum atomic E-state index is -1.20. The lowest BCUT2D eigenvalue weighted by molar-refractivity contribution is -0.144. The van der Waals surface area contributed by atoms with Crippen molar-refractivity contribution in [1.82, 2.24) is 20.6 Å². The number of nitrogens with one attached hydrogen (secondary N) is 2. The number of amides is 2. The molecule has 0 saturated heterocycles. The van der Waals surface area contributed by atoms with Gasteiger partial charge in [0.2, 0.25) is 0 Å². The number of nitrogens with zero attached hydrogens (tertiary/aromatic N) is 2. The standard InChI is InChI=1S/C13H18N4O3/c1-8-14-6-5-10(16-8)7-15-12(20)17-13(2,11(18)19)9-3-4-9/h5-6,9H,3-4,7H2,1-2H3,(H,18,19)(H2,15,17,20). The lowest BCUT2D eigenvalue weighted by Gasteiger charge is -2.26. The fourth-order valence-corrected chi connectivity index (χ4v) is 2.05. The van der Waals surface area contributed by atoms with Gasteiger partial charge in [0.05, 0.1) is 12.2 Å². The zero-order valence-corrected chi connectivity index (χ0v) is 11.5. The second kappa shape index (κ2) is 5.44. The molecule has 0 radical (unpaired) electrons. The van der Waals surface area contributed by atoms with Crippen LogP contribution in [0.1, 0.15) is 31.3 Å². The Morgan fingerprint density at radius 3 is 2.75 bits per heavy atom. The normalized spacial score (nSPS) is 17.1. The van der Waals surface area contributed by atoms with Gasteiger partial charge in [0.15, 0.2) is 0 Å². The molecule has 7 heteroatoms. The number of aryl methyl sites for hydroxylation is 1. The zero-order chi connectivity index (χ0) is 14.8. The van der Waals surface area contributed by atoms with Crippen molar-refractivity contribution in [2.24, 2.45) is 5.92 Å². The minimum Gasteiger partial charge on any atom is -0.480 e. The average Bonchev–Trinajstić information content (AvgIpc) is 3.20. The average molecular weight is 278 g/mol. The predicted molar refractivity (Wildman–Crippen MR) is 70.9 cm³/mol. The number of urea groups is 1. The van der Waals surface area contributed by atoms with Crippen LogP contribution in [0.4, 0.5) is 4.79 Å². The van der Waals surface area contributed by atoms with Crippen molar-refractivity contribution in [2.45, 2.75) is 38.8 Å². The van der Waals surface area contributed by atoms with Gasteiger partial charge in [-0.25, -0.2) is 19.6 Å². The minimum absolute atomic E-state index is 0.00652. The summed E-state index contributed by atoms with van der Waals surface area (Å²) < 4.78 is 0. The summed E-state index contributed by atoms with van der Waals surface area (Å²) >= 11 is 0. The first-order valence-electron chi connectivity index (χ1n) is 6.50. The number of carboxylic acids is 1. The second-order valence-electron chi connectivity index (χ2n) is 5.18. The van der Waals surface area contributed by atoms with Gasteiger partial charge >= 0.3 is 12.0 Å². The molecule has 1 saturated carbocycles. The van der Waals surface area contributed by atoms with Crippen LogP contribution in [0.3, 0.4) is 0 Å². The summed E-state index contributed by atoms with van der Waals surface area (Å²) in [6, 6.07) is 1.20. The molecule has 1 heterocycles. The Hall–Kier alpha value is -2.18. The van der Waals surface area contributed by atoms with Gasteiger partial charge in [-0.05, 0) is 38.7 Å². The molecule has 0 bridgehead atoms. The summed E-state index contributed by atoms with van der Waals surface area (Å²) in [6.07, 6.45) is 3.27. The van der Waals surface area contributed by atoms with Crippen LogP contribution in [0.25, 0.3) is 0 Å². The van der Waals surface area contributed by atoms with Gasteiger partial charge in [0, 0.05) is 6.20 Å². The molecule has 1 aromatic heterocycles. The molecule has 0 spiro atoms. The fourth-order valence-electron chi connectivity index (χ4n) is 2.05. The molecule has 1 aromatic rings. The highest BCUT2D eigenvalue weighted by molar-refractivity contribution is 5.86. The Balaban J connectivity index is 1.90. The number of hydrogen-bond donors (Lipinski definition) is 3. The number of rotatable bonds is 5. The van der Waals surface area contributed by atoms with Crippen molar-refractivity contribution in [2.75, 3.05) is 0 Å². The molecule has 2 rings (SSSR count). The maximum absolute atomic E-state index is 11.8. The van der Waals surface area contributed by atoms with Crippen molar-refractivity contribution >= 4 is 12.0 Å².